The predicted molar refractivity (Wildman–Crippen MR) is 61.8 cm³/mol. The van der Waals surface area contributed by atoms with Gasteiger partial charge in [0.05, 0.1) is 0 Å². The van der Waals surface area contributed by atoms with Crippen molar-refractivity contribution in [1.29, 1.82) is 0 Å². The second-order valence-electron chi connectivity index (χ2n) is 4.93. The minimum Gasteiger partial charge on any atom is -0.324 e. The molecule has 1 aliphatic carbocycles. The molecular formula is C12H15ClN2. The summed E-state index contributed by atoms with van der Waals surface area (Å²) >= 11 is 5.95. The van der Waals surface area contributed by atoms with E-state index in [1.54, 1.807) is 0 Å². The quantitative estimate of drug-likeness (QED) is 0.828. The first-order chi connectivity index (χ1) is 7.16. The highest BCUT2D eigenvalue weighted by Crippen LogP contribution is 2.47. The van der Waals surface area contributed by atoms with Crippen LogP contribution in [0.2, 0.25) is 5.02 Å². The number of nitrogens with two attached hydrogens (primary N) is 1. The molecule has 1 saturated heterocycles. The molecule has 0 amide bonds. The second kappa shape index (κ2) is 3.21. The molecular weight excluding hydrogens is 208 g/mol. The van der Waals surface area contributed by atoms with Crippen LogP contribution < -0.4 is 5.73 Å². The lowest BCUT2D eigenvalue weighted by Gasteiger charge is -2.18. The molecule has 0 aromatic heterocycles. The Morgan fingerprint density at radius 2 is 2.40 bits per heavy atom. The molecule has 1 aliphatic heterocycles. The third-order valence-electron chi connectivity index (χ3n) is 3.57. The van der Waals surface area contributed by atoms with Gasteiger partial charge in [0.1, 0.15) is 0 Å². The van der Waals surface area contributed by atoms with Gasteiger partial charge in [-0.25, -0.2) is 0 Å². The first kappa shape index (κ1) is 9.64. The Bertz CT molecular complexity index is 393. The normalized spacial score (nSPS) is 34.1. The fourth-order valence-corrected chi connectivity index (χ4v) is 2.86. The summed E-state index contributed by atoms with van der Waals surface area (Å²) in [5.74, 6) is 0.747. The summed E-state index contributed by atoms with van der Waals surface area (Å²) in [4.78, 5) is 2.43. The number of hydrogen-bond acceptors (Lipinski definition) is 2. The van der Waals surface area contributed by atoms with Gasteiger partial charge in [0.25, 0.3) is 0 Å². The van der Waals surface area contributed by atoms with Gasteiger partial charge in [-0.15, -0.1) is 0 Å². The molecule has 1 saturated carbocycles. The van der Waals surface area contributed by atoms with Crippen LogP contribution in [0.25, 0.3) is 0 Å². The lowest BCUT2D eigenvalue weighted by atomic mass is 10.2. The Balaban J connectivity index is 1.67. The molecule has 2 N–H and O–H groups in total. The zero-order valence-electron chi connectivity index (χ0n) is 8.62. The summed E-state index contributed by atoms with van der Waals surface area (Å²) in [6.07, 6.45) is 1.22. The highest BCUT2D eigenvalue weighted by Gasteiger charge is 2.56. The molecule has 1 aromatic rings. The van der Waals surface area contributed by atoms with Crippen molar-refractivity contribution in [3.8, 4) is 0 Å². The van der Waals surface area contributed by atoms with Crippen LogP contribution in [0.5, 0.6) is 0 Å². The minimum absolute atomic E-state index is 0.151. The average Bonchev–Trinajstić information content (AvgIpc) is 2.65. The summed E-state index contributed by atoms with van der Waals surface area (Å²) in [7, 11) is 0. The number of benzene rings is 1. The van der Waals surface area contributed by atoms with Gasteiger partial charge in [0, 0.05) is 30.2 Å². The first-order valence-electron chi connectivity index (χ1n) is 5.41. The Morgan fingerprint density at radius 1 is 1.53 bits per heavy atom. The molecule has 0 spiro atoms. The van der Waals surface area contributed by atoms with Crippen LogP contribution in [0.1, 0.15) is 12.0 Å². The van der Waals surface area contributed by atoms with E-state index in [1.165, 1.54) is 12.0 Å². The summed E-state index contributed by atoms with van der Waals surface area (Å²) in [6.45, 7) is 3.18. The lowest BCUT2D eigenvalue weighted by Crippen LogP contribution is -2.32. The van der Waals surface area contributed by atoms with Crippen molar-refractivity contribution < 1.29 is 0 Å². The van der Waals surface area contributed by atoms with E-state index in [0.717, 1.165) is 30.6 Å². The molecule has 2 nitrogen and oxygen atoms in total. The molecule has 2 unspecified atom stereocenters. The molecule has 0 radical (unpaired) electrons. The van der Waals surface area contributed by atoms with Crippen molar-refractivity contribution in [2.75, 3.05) is 13.1 Å². The lowest BCUT2D eigenvalue weighted by molar-refractivity contribution is 0.291. The summed E-state index contributed by atoms with van der Waals surface area (Å²) in [5.41, 5.74) is 7.59. The van der Waals surface area contributed by atoms with Gasteiger partial charge in [-0.2, -0.15) is 0 Å². The molecule has 1 aromatic carbocycles. The van der Waals surface area contributed by atoms with Gasteiger partial charge in [0.2, 0.25) is 0 Å². The summed E-state index contributed by atoms with van der Waals surface area (Å²) in [6, 6.07) is 8.08. The van der Waals surface area contributed by atoms with Crippen molar-refractivity contribution >= 4 is 11.6 Å². The molecule has 2 fully saturated rings. The van der Waals surface area contributed by atoms with E-state index >= 15 is 0 Å². The van der Waals surface area contributed by atoms with E-state index in [-0.39, 0.29) is 5.54 Å². The van der Waals surface area contributed by atoms with E-state index in [2.05, 4.69) is 11.0 Å². The Labute approximate surface area is 95.0 Å². The van der Waals surface area contributed by atoms with Crippen LogP contribution in [-0.2, 0) is 6.54 Å². The molecule has 2 aliphatic rings. The van der Waals surface area contributed by atoms with Crippen molar-refractivity contribution in [2.24, 2.45) is 11.7 Å². The minimum atomic E-state index is 0.151. The number of likely N-dealkylation sites (tertiary alicyclic amines) is 1. The fraction of sp³-hybridized carbons (Fsp3) is 0.500. The van der Waals surface area contributed by atoms with Crippen molar-refractivity contribution in [3.63, 3.8) is 0 Å². The summed E-state index contributed by atoms with van der Waals surface area (Å²) in [5, 5.41) is 0.819. The maximum atomic E-state index is 6.16. The van der Waals surface area contributed by atoms with Gasteiger partial charge in [-0.1, -0.05) is 23.7 Å². The van der Waals surface area contributed by atoms with E-state index in [1.807, 2.05) is 18.2 Å². The van der Waals surface area contributed by atoms with Gasteiger partial charge < -0.3 is 5.73 Å². The van der Waals surface area contributed by atoms with Crippen LogP contribution in [-0.4, -0.2) is 23.5 Å². The van der Waals surface area contributed by atoms with E-state index in [0.29, 0.717) is 0 Å². The zero-order chi connectivity index (χ0) is 10.5. The fourth-order valence-electron chi connectivity index (χ4n) is 2.65. The highest BCUT2D eigenvalue weighted by atomic mass is 35.5. The predicted octanol–water partition coefficient (Wildman–Crippen LogP) is 1.87. The Kier molecular flexibility index (Phi) is 2.06. The SMILES string of the molecule is NC12CC1CN(Cc1cccc(Cl)c1)C2. The van der Waals surface area contributed by atoms with E-state index in [9.17, 15) is 0 Å². The van der Waals surface area contributed by atoms with Crippen LogP contribution in [0.3, 0.4) is 0 Å². The first-order valence-corrected chi connectivity index (χ1v) is 5.79. The van der Waals surface area contributed by atoms with Gasteiger partial charge >= 0.3 is 0 Å². The molecule has 3 heteroatoms. The number of fused-ring (bicyclic) bond motifs is 1. The number of halogens is 1. The molecule has 3 rings (SSSR count). The van der Waals surface area contributed by atoms with Gasteiger partial charge in [0.15, 0.2) is 0 Å². The van der Waals surface area contributed by atoms with Crippen LogP contribution in [0.4, 0.5) is 0 Å². The molecule has 15 heavy (non-hydrogen) atoms. The van der Waals surface area contributed by atoms with Crippen molar-refractivity contribution in [2.45, 2.75) is 18.5 Å². The molecule has 80 valence electrons. The monoisotopic (exact) mass is 222 g/mol. The molecule has 2 atom stereocenters. The number of hydrogen-bond donors (Lipinski definition) is 1. The number of rotatable bonds is 2. The third-order valence-corrected chi connectivity index (χ3v) is 3.81. The van der Waals surface area contributed by atoms with Crippen molar-refractivity contribution in [1.82, 2.24) is 4.90 Å². The standard InChI is InChI=1S/C12H15ClN2/c13-11-3-1-2-9(4-11)6-15-7-10-5-12(10,14)8-15/h1-4,10H,5-8,14H2. The zero-order valence-corrected chi connectivity index (χ0v) is 9.37. The maximum absolute atomic E-state index is 6.16. The van der Waals surface area contributed by atoms with Crippen molar-refractivity contribution in [3.05, 3.63) is 34.9 Å². The number of piperidine rings is 1. The topological polar surface area (TPSA) is 29.3 Å². The third kappa shape index (κ3) is 1.78. The average molecular weight is 223 g/mol. The van der Waals surface area contributed by atoms with Crippen LogP contribution in [0.15, 0.2) is 24.3 Å². The molecule has 0 bridgehead atoms. The maximum Gasteiger partial charge on any atom is 0.0409 e. The molecule has 1 heterocycles. The number of nitrogens with zero attached hydrogens (tertiary/aromatic N) is 1. The highest BCUT2D eigenvalue weighted by molar-refractivity contribution is 6.30. The van der Waals surface area contributed by atoms with Gasteiger partial charge in [-0.05, 0) is 30.0 Å². The smallest absolute Gasteiger partial charge is 0.0409 e. The van der Waals surface area contributed by atoms with Crippen LogP contribution >= 0.6 is 11.6 Å². The van der Waals surface area contributed by atoms with Gasteiger partial charge in [-0.3, -0.25) is 4.90 Å². The largest absolute Gasteiger partial charge is 0.324 e. The van der Waals surface area contributed by atoms with E-state index < -0.39 is 0 Å². The summed E-state index contributed by atoms with van der Waals surface area (Å²) < 4.78 is 0. The van der Waals surface area contributed by atoms with E-state index in [4.69, 9.17) is 17.3 Å². The van der Waals surface area contributed by atoms with Crippen LogP contribution in [0, 0.1) is 5.92 Å². The Hall–Kier alpha value is -0.570. The Morgan fingerprint density at radius 3 is 3.07 bits per heavy atom. The second-order valence-corrected chi connectivity index (χ2v) is 5.37.